The fourth-order valence-electron chi connectivity index (χ4n) is 3.17. The van der Waals surface area contributed by atoms with Crippen molar-refractivity contribution >= 4 is 57.4 Å². The van der Waals surface area contributed by atoms with Crippen LogP contribution in [0.4, 0.5) is 11.4 Å². The van der Waals surface area contributed by atoms with Gasteiger partial charge in [0.15, 0.2) is 0 Å². The summed E-state index contributed by atoms with van der Waals surface area (Å²) in [5.41, 5.74) is 2.36. The number of anilines is 2. The Bertz CT molecular complexity index is 918. The number of esters is 1. The van der Waals surface area contributed by atoms with Crippen LogP contribution in [0.15, 0.2) is 60.2 Å². The zero-order valence-electron chi connectivity index (χ0n) is 16.0. The lowest BCUT2D eigenvalue weighted by Crippen LogP contribution is -2.31. The SMILES string of the molecule is CCOC(=O)[C@@H](CC=C1CCN(c2ccccc2)C1=O)Nc1cc(Cl)ccc1I. The zero-order chi connectivity index (χ0) is 20.8. The van der Waals surface area contributed by atoms with E-state index in [4.69, 9.17) is 16.3 Å². The molecule has 1 aliphatic heterocycles. The van der Waals surface area contributed by atoms with Crippen molar-refractivity contribution in [2.24, 2.45) is 0 Å². The first-order chi connectivity index (χ1) is 14.0. The first kappa shape index (κ1) is 21.6. The van der Waals surface area contributed by atoms with Crippen LogP contribution in [0.25, 0.3) is 0 Å². The number of carbonyl (C=O) groups is 2. The molecule has 0 spiro atoms. The number of nitrogens with zero attached hydrogens (tertiary/aromatic N) is 1. The Morgan fingerprint density at radius 3 is 2.79 bits per heavy atom. The van der Waals surface area contributed by atoms with Crippen molar-refractivity contribution in [1.29, 1.82) is 0 Å². The second kappa shape index (κ2) is 10.1. The van der Waals surface area contributed by atoms with Gasteiger partial charge in [0.1, 0.15) is 6.04 Å². The summed E-state index contributed by atoms with van der Waals surface area (Å²) >= 11 is 8.28. The van der Waals surface area contributed by atoms with Gasteiger partial charge < -0.3 is 15.0 Å². The number of hydrogen-bond donors (Lipinski definition) is 1. The van der Waals surface area contributed by atoms with Crippen LogP contribution >= 0.6 is 34.2 Å². The molecule has 1 atom stereocenters. The number of nitrogens with one attached hydrogen (secondary N) is 1. The molecule has 0 unspecified atom stereocenters. The molecule has 0 radical (unpaired) electrons. The Labute approximate surface area is 189 Å². The minimum atomic E-state index is -0.604. The van der Waals surface area contributed by atoms with Gasteiger partial charge in [0.2, 0.25) is 0 Å². The van der Waals surface area contributed by atoms with E-state index in [0.29, 0.717) is 36.6 Å². The Hall–Kier alpha value is -2.06. The third-order valence-electron chi connectivity index (χ3n) is 4.62. The van der Waals surface area contributed by atoms with Gasteiger partial charge in [0, 0.05) is 32.1 Å². The Balaban J connectivity index is 1.75. The first-order valence-electron chi connectivity index (χ1n) is 9.43. The van der Waals surface area contributed by atoms with E-state index in [-0.39, 0.29) is 11.9 Å². The van der Waals surface area contributed by atoms with Gasteiger partial charge in [-0.3, -0.25) is 4.79 Å². The average Bonchev–Trinajstić information content (AvgIpc) is 3.09. The number of amides is 1. The van der Waals surface area contributed by atoms with E-state index < -0.39 is 6.04 Å². The van der Waals surface area contributed by atoms with Crippen LogP contribution in [0.5, 0.6) is 0 Å². The number of benzene rings is 2. The second-order valence-corrected chi connectivity index (χ2v) is 8.18. The number of hydrogen-bond acceptors (Lipinski definition) is 4. The van der Waals surface area contributed by atoms with Crippen LogP contribution < -0.4 is 10.2 Å². The van der Waals surface area contributed by atoms with Crippen LogP contribution in [0.1, 0.15) is 19.8 Å². The van der Waals surface area contributed by atoms with Crippen molar-refractivity contribution in [3.8, 4) is 0 Å². The molecule has 1 fully saturated rings. The molecule has 1 amide bonds. The topological polar surface area (TPSA) is 58.6 Å². The molecule has 0 aromatic heterocycles. The molecule has 5 nitrogen and oxygen atoms in total. The van der Waals surface area contributed by atoms with Crippen molar-refractivity contribution in [1.82, 2.24) is 0 Å². The number of para-hydroxylation sites is 1. The number of halogens is 2. The van der Waals surface area contributed by atoms with E-state index in [1.165, 1.54) is 0 Å². The third kappa shape index (κ3) is 5.51. The molecule has 2 aromatic carbocycles. The summed E-state index contributed by atoms with van der Waals surface area (Å²) in [5, 5.41) is 3.80. The minimum absolute atomic E-state index is 0.0175. The van der Waals surface area contributed by atoms with E-state index in [9.17, 15) is 9.59 Å². The zero-order valence-corrected chi connectivity index (χ0v) is 18.9. The van der Waals surface area contributed by atoms with E-state index >= 15 is 0 Å². The molecular weight excluding hydrogens is 503 g/mol. The predicted octanol–water partition coefficient (Wildman–Crippen LogP) is 5.04. The monoisotopic (exact) mass is 524 g/mol. The van der Waals surface area contributed by atoms with Crippen LogP contribution in [0, 0.1) is 3.57 Å². The maximum absolute atomic E-state index is 12.8. The van der Waals surface area contributed by atoms with Crippen LogP contribution in [0.2, 0.25) is 5.02 Å². The maximum Gasteiger partial charge on any atom is 0.328 e. The van der Waals surface area contributed by atoms with Crippen LogP contribution in [-0.4, -0.2) is 31.1 Å². The lowest BCUT2D eigenvalue weighted by molar-refractivity contribution is -0.144. The third-order valence-corrected chi connectivity index (χ3v) is 5.80. The predicted molar refractivity (Wildman–Crippen MR) is 124 cm³/mol. The standard InChI is InChI=1S/C22H22ClIN2O3/c1-2-29-22(28)19(25-20-14-16(23)9-10-18(20)24)11-8-15-12-13-26(21(15)27)17-6-4-3-5-7-17/h3-10,14,19,25H,2,11-13H2,1H3/t19-/m1/s1. The summed E-state index contributed by atoms with van der Waals surface area (Å²) in [6, 6.07) is 14.4. The average molecular weight is 525 g/mol. The van der Waals surface area contributed by atoms with Gasteiger partial charge >= 0.3 is 5.97 Å². The van der Waals surface area contributed by atoms with Crippen molar-refractivity contribution in [2.75, 3.05) is 23.4 Å². The summed E-state index contributed by atoms with van der Waals surface area (Å²) < 4.78 is 6.16. The van der Waals surface area contributed by atoms with Crippen molar-refractivity contribution in [3.63, 3.8) is 0 Å². The lowest BCUT2D eigenvalue weighted by atomic mass is 10.1. The molecule has 0 bridgehead atoms. The highest BCUT2D eigenvalue weighted by Crippen LogP contribution is 2.27. The van der Waals surface area contributed by atoms with Gasteiger partial charge in [-0.25, -0.2) is 4.79 Å². The van der Waals surface area contributed by atoms with Gasteiger partial charge in [-0.1, -0.05) is 35.9 Å². The highest BCUT2D eigenvalue weighted by molar-refractivity contribution is 14.1. The molecule has 1 N–H and O–H groups in total. The number of rotatable bonds is 7. The molecule has 1 heterocycles. The summed E-state index contributed by atoms with van der Waals surface area (Å²) in [6.07, 6.45) is 2.85. The number of ether oxygens (including phenoxy) is 1. The van der Waals surface area contributed by atoms with Gasteiger partial charge in [-0.2, -0.15) is 0 Å². The van der Waals surface area contributed by atoms with Crippen LogP contribution in [-0.2, 0) is 14.3 Å². The molecule has 2 aromatic rings. The molecule has 152 valence electrons. The highest BCUT2D eigenvalue weighted by Gasteiger charge is 2.28. The normalized spacial score (nSPS) is 16.2. The molecule has 3 rings (SSSR count). The molecule has 29 heavy (non-hydrogen) atoms. The fraction of sp³-hybridized carbons (Fsp3) is 0.273. The molecule has 7 heteroatoms. The summed E-state index contributed by atoms with van der Waals surface area (Å²) in [7, 11) is 0. The summed E-state index contributed by atoms with van der Waals surface area (Å²) in [6.45, 7) is 2.70. The maximum atomic E-state index is 12.8. The first-order valence-corrected chi connectivity index (χ1v) is 10.9. The fourth-order valence-corrected chi connectivity index (χ4v) is 3.83. The van der Waals surface area contributed by atoms with E-state index in [1.807, 2.05) is 42.5 Å². The minimum Gasteiger partial charge on any atom is -0.464 e. The van der Waals surface area contributed by atoms with Gasteiger partial charge in [0.25, 0.3) is 5.91 Å². The summed E-state index contributed by atoms with van der Waals surface area (Å²) in [5.74, 6) is -0.373. The van der Waals surface area contributed by atoms with Crippen molar-refractivity contribution in [3.05, 3.63) is 68.8 Å². The Morgan fingerprint density at radius 2 is 2.07 bits per heavy atom. The Morgan fingerprint density at radius 1 is 1.31 bits per heavy atom. The highest BCUT2D eigenvalue weighted by atomic mass is 127. The lowest BCUT2D eigenvalue weighted by Gasteiger charge is -2.18. The van der Waals surface area contributed by atoms with E-state index in [0.717, 1.165) is 14.9 Å². The van der Waals surface area contributed by atoms with Crippen molar-refractivity contribution < 1.29 is 14.3 Å². The smallest absolute Gasteiger partial charge is 0.328 e. The molecular formula is C22H22ClIN2O3. The second-order valence-electron chi connectivity index (χ2n) is 6.58. The van der Waals surface area contributed by atoms with E-state index in [2.05, 4.69) is 27.9 Å². The van der Waals surface area contributed by atoms with E-state index in [1.54, 1.807) is 24.0 Å². The van der Waals surface area contributed by atoms with Gasteiger partial charge in [-0.15, -0.1) is 0 Å². The van der Waals surface area contributed by atoms with Crippen molar-refractivity contribution in [2.45, 2.75) is 25.8 Å². The quantitative estimate of drug-likeness (QED) is 0.313. The molecule has 1 aliphatic rings. The summed E-state index contributed by atoms with van der Waals surface area (Å²) in [4.78, 5) is 27.0. The van der Waals surface area contributed by atoms with Gasteiger partial charge in [0.05, 0.1) is 6.61 Å². The van der Waals surface area contributed by atoms with Gasteiger partial charge in [-0.05, 0) is 72.7 Å². The number of carbonyl (C=O) groups excluding carboxylic acids is 2. The van der Waals surface area contributed by atoms with Crippen LogP contribution in [0.3, 0.4) is 0 Å². The Kier molecular flexibility index (Phi) is 7.55. The molecule has 0 saturated carbocycles. The molecule has 0 aliphatic carbocycles. The molecule has 1 saturated heterocycles. The largest absolute Gasteiger partial charge is 0.464 e.